The first-order valence-electron chi connectivity index (χ1n) is 9.51. The molecule has 2 unspecified atom stereocenters. The Hall–Kier alpha value is -2.93. The van der Waals surface area contributed by atoms with Gasteiger partial charge in [-0.3, -0.25) is 0 Å². The highest BCUT2D eigenvalue weighted by molar-refractivity contribution is 5.66. The Bertz CT molecular complexity index is 851. The number of hydrogen-bond donors (Lipinski definition) is 2. The highest BCUT2D eigenvalue weighted by atomic mass is 16.5. The van der Waals surface area contributed by atoms with E-state index in [2.05, 4.69) is 4.90 Å². The summed E-state index contributed by atoms with van der Waals surface area (Å²) < 4.78 is 16.0. The van der Waals surface area contributed by atoms with Gasteiger partial charge in [-0.1, -0.05) is 0 Å². The van der Waals surface area contributed by atoms with E-state index < -0.39 is 6.10 Å². The Labute approximate surface area is 170 Å². The third-order valence-corrected chi connectivity index (χ3v) is 5.48. The zero-order chi connectivity index (χ0) is 21.0. The summed E-state index contributed by atoms with van der Waals surface area (Å²) >= 11 is 0. The number of piperidine rings is 1. The lowest BCUT2D eigenvalue weighted by molar-refractivity contribution is -0.107. The molecule has 29 heavy (non-hydrogen) atoms. The van der Waals surface area contributed by atoms with Gasteiger partial charge in [0.25, 0.3) is 0 Å². The van der Waals surface area contributed by atoms with E-state index in [1.165, 1.54) is 14.2 Å². The summed E-state index contributed by atoms with van der Waals surface area (Å²) in [5, 5.41) is 21.8. The number of phenols is 1. The molecule has 1 heterocycles. The van der Waals surface area contributed by atoms with Crippen LogP contribution in [-0.2, 0) is 11.2 Å². The molecule has 0 radical (unpaired) electrons. The molecule has 3 rings (SSSR count). The first-order chi connectivity index (χ1) is 14.0. The SMILES string of the molecule is COc1ccc(N2CCC(c3c(OC)cc(OC)c(CC=O)c3O)C(O)C2)cc1. The van der Waals surface area contributed by atoms with Crippen molar-refractivity contribution in [3.05, 3.63) is 41.5 Å². The van der Waals surface area contributed by atoms with E-state index in [0.717, 1.165) is 17.7 Å². The number of carbonyl (C=O) groups is 1. The van der Waals surface area contributed by atoms with Crippen molar-refractivity contribution in [3.8, 4) is 23.0 Å². The normalized spacial score (nSPS) is 19.0. The summed E-state index contributed by atoms with van der Waals surface area (Å²) in [5.74, 6) is 1.24. The maximum atomic E-state index is 11.1. The molecule has 2 aromatic rings. The zero-order valence-electron chi connectivity index (χ0n) is 16.9. The van der Waals surface area contributed by atoms with Gasteiger partial charge in [0.2, 0.25) is 0 Å². The van der Waals surface area contributed by atoms with Crippen LogP contribution in [-0.4, -0.2) is 57.0 Å². The molecule has 1 aliphatic heterocycles. The molecule has 0 spiro atoms. The molecule has 1 saturated heterocycles. The number of rotatable bonds is 7. The minimum absolute atomic E-state index is 0.0206. The number of aromatic hydroxyl groups is 1. The molecule has 0 bridgehead atoms. The number of phenolic OH excluding ortho intramolecular Hbond substituents is 1. The van der Waals surface area contributed by atoms with E-state index in [9.17, 15) is 15.0 Å². The smallest absolute Gasteiger partial charge is 0.130 e. The molecule has 0 aliphatic carbocycles. The summed E-state index contributed by atoms with van der Waals surface area (Å²) in [6.07, 6.45) is 0.635. The van der Waals surface area contributed by atoms with Crippen LogP contribution in [0.4, 0.5) is 5.69 Å². The van der Waals surface area contributed by atoms with Crippen molar-refractivity contribution in [2.75, 3.05) is 39.3 Å². The third kappa shape index (κ3) is 4.10. The van der Waals surface area contributed by atoms with Gasteiger partial charge < -0.3 is 34.1 Å². The van der Waals surface area contributed by atoms with Crippen LogP contribution in [0.15, 0.2) is 30.3 Å². The van der Waals surface area contributed by atoms with Crippen molar-refractivity contribution in [2.45, 2.75) is 24.9 Å². The van der Waals surface area contributed by atoms with Gasteiger partial charge in [-0.05, 0) is 30.7 Å². The first-order valence-corrected chi connectivity index (χ1v) is 9.51. The number of methoxy groups -OCH3 is 3. The molecule has 0 aromatic heterocycles. The number of nitrogens with zero attached hydrogens (tertiary/aromatic N) is 1. The molecule has 0 amide bonds. The monoisotopic (exact) mass is 401 g/mol. The van der Waals surface area contributed by atoms with Gasteiger partial charge in [0.1, 0.15) is 29.3 Å². The molecule has 2 N–H and O–H groups in total. The van der Waals surface area contributed by atoms with E-state index >= 15 is 0 Å². The van der Waals surface area contributed by atoms with E-state index in [1.807, 2.05) is 24.3 Å². The molecule has 0 saturated carbocycles. The Morgan fingerprint density at radius 3 is 2.34 bits per heavy atom. The lowest BCUT2D eigenvalue weighted by Gasteiger charge is -2.38. The molecule has 7 heteroatoms. The summed E-state index contributed by atoms with van der Waals surface area (Å²) in [4.78, 5) is 13.2. The van der Waals surface area contributed by atoms with Crippen molar-refractivity contribution in [1.82, 2.24) is 0 Å². The summed E-state index contributed by atoms with van der Waals surface area (Å²) in [5.41, 5.74) is 1.92. The Morgan fingerprint density at radius 1 is 1.10 bits per heavy atom. The second-order valence-electron chi connectivity index (χ2n) is 7.00. The van der Waals surface area contributed by atoms with Gasteiger partial charge in [-0.25, -0.2) is 0 Å². The predicted molar refractivity (Wildman–Crippen MR) is 110 cm³/mol. The Kier molecular flexibility index (Phi) is 6.49. The van der Waals surface area contributed by atoms with Gasteiger partial charge in [0.15, 0.2) is 0 Å². The topological polar surface area (TPSA) is 88.5 Å². The van der Waals surface area contributed by atoms with Crippen molar-refractivity contribution in [1.29, 1.82) is 0 Å². The molecule has 2 aromatic carbocycles. The van der Waals surface area contributed by atoms with Crippen molar-refractivity contribution in [3.63, 3.8) is 0 Å². The summed E-state index contributed by atoms with van der Waals surface area (Å²) in [6.45, 7) is 1.11. The van der Waals surface area contributed by atoms with Crippen LogP contribution in [0.2, 0.25) is 0 Å². The fourth-order valence-electron chi connectivity index (χ4n) is 3.97. The third-order valence-electron chi connectivity index (χ3n) is 5.48. The average molecular weight is 401 g/mol. The van der Waals surface area contributed by atoms with Crippen LogP contribution < -0.4 is 19.1 Å². The first kappa shape index (κ1) is 20.8. The molecule has 7 nitrogen and oxygen atoms in total. The second kappa shape index (κ2) is 9.05. The quantitative estimate of drug-likeness (QED) is 0.689. The highest BCUT2D eigenvalue weighted by Crippen LogP contribution is 2.46. The zero-order valence-corrected chi connectivity index (χ0v) is 16.9. The predicted octanol–water partition coefficient (Wildman–Crippen LogP) is 2.51. The van der Waals surface area contributed by atoms with Crippen molar-refractivity contribution < 1.29 is 29.2 Å². The minimum atomic E-state index is -0.719. The standard InChI is InChI=1S/C22H27NO6/c1-27-15-6-4-14(5-7-15)23-10-8-16(18(25)13-23)21-20(29-3)12-19(28-2)17(9-11-24)22(21)26/h4-7,11-12,16,18,25-26H,8-10,13H2,1-3H3. The lowest BCUT2D eigenvalue weighted by Crippen LogP contribution is -2.43. The number of aldehydes is 1. The number of aliphatic hydroxyl groups excluding tert-OH is 1. The summed E-state index contributed by atoms with van der Waals surface area (Å²) in [7, 11) is 4.61. The molecule has 2 atom stereocenters. The van der Waals surface area contributed by atoms with Crippen molar-refractivity contribution in [2.24, 2.45) is 0 Å². The largest absolute Gasteiger partial charge is 0.507 e. The van der Waals surface area contributed by atoms with Gasteiger partial charge in [0, 0.05) is 48.3 Å². The molecule has 156 valence electrons. The number of β-amino-alcohol motifs (C(OH)–C–C–N with tert-alkyl or cyclic N) is 1. The number of carbonyl (C=O) groups excluding carboxylic acids is 1. The van der Waals surface area contributed by atoms with E-state index in [4.69, 9.17) is 14.2 Å². The maximum Gasteiger partial charge on any atom is 0.130 e. The van der Waals surface area contributed by atoms with Crippen LogP contribution in [0, 0.1) is 0 Å². The van der Waals surface area contributed by atoms with Crippen LogP contribution in [0.3, 0.4) is 0 Å². The molecular weight excluding hydrogens is 374 g/mol. The van der Waals surface area contributed by atoms with Crippen LogP contribution in [0.1, 0.15) is 23.5 Å². The highest BCUT2D eigenvalue weighted by Gasteiger charge is 2.34. The van der Waals surface area contributed by atoms with Crippen LogP contribution in [0.5, 0.6) is 23.0 Å². The maximum absolute atomic E-state index is 11.1. The number of hydrogen-bond acceptors (Lipinski definition) is 7. The van der Waals surface area contributed by atoms with E-state index in [1.54, 1.807) is 13.2 Å². The second-order valence-corrected chi connectivity index (χ2v) is 7.00. The molecular formula is C22H27NO6. The fourth-order valence-corrected chi connectivity index (χ4v) is 3.97. The number of benzene rings is 2. The summed E-state index contributed by atoms with van der Waals surface area (Å²) in [6, 6.07) is 9.35. The van der Waals surface area contributed by atoms with E-state index in [-0.39, 0.29) is 18.1 Å². The number of anilines is 1. The molecule has 1 fully saturated rings. The van der Waals surface area contributed by atoms with Gasteiger partial charge in [0.05, 0.1) is 27.4 Å². The van der Waals surface area contributed by atoms with Crippen LogP contribution in [0.25, 0.3) is 0 Å². The van der Waals surface area contributed by atoms with Gasteiger partial charge in [-0.2, -0.15) is 0 Å². The van der Waals surface area contributed by atoms with Crippen LogP contribution >= 0.6 is 0 Å². The Balaban J connectivity index is 1.89. The average Bonchev–Trinajstić information content (AvgIpc) is 2.75. The van der Waals surface area contributed by atoms with Gasteiger partial charge in [-0.15, -0.1) is 0 Å². The fraction of sp³-hybridized carbons (Fsp3) is 0.409. The van der Waals surface area contributed by atoms with Crippen molar-refractivity contribution >= 4 is 12.0 Å². The lowest BCUT2D eigenvalue weighted by atomic mass is 9.84. The van der Waals surface area contributed by atoms with Gasteiger partial charge >= 0.3 is 0 Å². The number of ether oxygens (including phenoxy) is 3. The Morgan fingerprint density at radius 2 is 1.79 bits per heavy atom. The minimum Gasteiger partial charge on any atom is -0.507 e. The number of aliphatic hydroxyl groups is 1. The molecule has 1 aliphatic rings. The van der Waals surface area contributed by atoms with E-state index in [0.29, 0.717) is 42.1 Å².